The average molecular weight is 251 g/mol. The van der Waals surface area contributed by atoms with Crippen LogP contribution in [0.25, 0.3) is 0 Å². The lowest BCUT2D eigenvalue weighted by Gasteiger charge is -2.13. The van der Waals surface area contributed by atoms with E-state index in [1.807, 2.05) is 20.8 Å². The van der Waals surface area contributed by atoms with E-state index < -0.39 is 6.10 Å². The monoisotopic (exact) mass is 251 g/mol. The molecule has 1 aromatic rings. The SMILES string of the molecule is CCCC(O)C(=O)Cc1ncc(C)c(OC)c1C. The molecule has 4 heteroatoms. The van der Waals surface area contributed by atoms with Crippen molar-refractivity contribution in [2.75, 3.05) is 7.11 Å². The Kier molecular flexibility index (Phi) is 5.28. The van der Waals surface area contributed by atoms with Gasteiger partial charge < -0.3 is 9.84 Å². The number of hydrogen-bond donors (Lipinski definition) is 1. The van der Waals surface area contributed by atoms with Gasteiger partial charge in [-0.25, -0.2) is 0 Å². The molecule has 0 radical (unpaired) electrons. The highest BCUT2D eigenvalue weighted by Gasteiger charge is 2.18. The first-order valence-corrected chi connectivity index (χ1v) is 6.21. The predicted molar refractivity (Wildman–Crippen MR) is 69.9 cm³/mol. The minimum Gasteiger partial charge on any atom is -0.496 e. The fourth-order valence-corrected chi connectivity index (χ4v) is 1.97. The molecule has 1 N–H and O–H groups in total. The first-order chi connectivity index (χ1) is 8.51. The van der Waals surface area contributed by atoms with Gasteiger partial charge in [-0.2, -0.15) is 0 Å². The quantitative estimate of drug-likeness (QED) is 0.840. The second kappa shape index (κ2) is 6.50. The van der Waals surface area contributed by atoms with Crippen molar-refractivity contribution in [3.05, 3.63) is 23.0 Å². The molecule has 0 saturated heterocycles. The fraction of sp³-hybridized carbons (Fsp3) is 0.571. The molecule has 1 unspecified atom stereocenters. The van der Waals surface area contributed by atoms with Crippen molar-refractivity contribution in [1.29, 1.82) is 0 Å². The average Bonchev–Trinajstić information content (AvgIpc) is 2.33. The summed E-state index contributed by atoms with van der Waals surface area (Å²) in [5.74, 6) is 0.580. The van der Waals surface area contributed by atoms with E-state index in [0.29, 0.717) is 12.1 Å². The Morgan fingerprint density at radius 1 is 1.50 bits per heavy atom. The van der Waals surface area contributed by atoms with E-state index in [9.17, 15) is 9.90 Å². The van der Waals surface area contributed by atoms with Crippen molar-refractivity contribution in [2.24, 2.45) is 0 Å². The third kappa shape index (κ3) is 3.29. The summed E-state index contributed by atoms with van der Waals surface area (Å²) in [6.45, 7) is 5.74. The lowest BCUT2D eigenvalue weighted by Crippen LogP contribution is -2.23. The molecule has 1 heterocycles. The first-order valence-electron chi connectivity index (χ1n) is 6.21. The Morgan fingerprint density at radius 3 is 2.72 bits per heavy atom. The summed E-state index contributed by atoms with van der Waals surface area (Å²) in [5, 5.41) is 9.64. The summed E-state index contributed by atoms with van der Waals surface area (Å²) in [7, 11) is 1.60. The van der Waals surface area contributed by atoms with E-state index in [0.717, 1.165) is 23.3 Å². The van der Waals surface area contributed by atoms with Crippen molar-refractivity contribution >= 4 is 5.78 Å². The molecule has 0 amide bonds. The van der Waals surface area contributed by atoms with Crippen molar-refractivity contribution in [3.8, 4) is 5.75 Å². The van der Waals surface area contributed by atoms with Crippen LogP contribution in [0.4, 0.5) is 0 Å². The van der Waals surface area contributed by atoms with Gasteiger partial charge >= 0.3 is 0 Å². The van der Waals surface area contributed by atoms with E-state index in [2.05, 4.69) is 4.98 Å². The van der Waals surface area contributed by atoms with Gasteiger partial charge in [0, 0.05) is 17.3 Å². The van der Waals surface area contributed by atoms with Gasteiger partial charge in [-0.05, 0) is 20.3 Å². The summed E-state index contributed by atoms with van der Waals surface area (Å²) in [6.07, 6.45) is 2.25. The number of aliphatic hydroxyl groups is 1. The molecule has 1 atom stereocenters. The van der Waals surface area contributed by atoms with Crippen molar-refractivity contribution in [1.82, 2.24) is 4.98 Å². The van der Waals surface area contributed by atoms with Crippen LogP contribution in [-0.2, 0) is 11.2 Å². The predicted octanol–water partition coefficient (Wildman–Crippen LogP) is 1.98. The lowest BCUT2D eigenvalue weighted by molar-refractivity contribution is -0.126. The topological polar surface area (TPSA) is 59.4 Å². The maximum atomic E-state index is 11.8. The Labute approximate surface area is 108 Å². The van der Waals surface area contributed by atoms with Gasteiger partial charge in [-0.3, -0.25) is 9.78 Å². The van der Waals surface area contributed by atoms with Gasteiger partial charge in [0.15, 0.2) is 5.78 Å². The van der Waals surface area contributed by atoms with Crippen LogP contribution in [0, 0.1) is 13.8 Å². The van der Waals surface area contributed by atoms with Crippen molar-refractivity contribution in [2.45, 2.75) is 46.1 Å². The first kappa shape index (κ1) is 14.6. The normalized spacial score (nSPS) is 12.3. The standard InChI is InChI=1S/C14H21NO3/c1-5-6-12(16)13(17)7-11-10(3)14(18-4)9(2)8-15-11/h8,12,16H,5-7H2,1-4H3. The molecule has 100 valence electrons. The summed E-state index contributed by atoms with van der Waals surface area (Å²) >= 11 is 0. The molecule has 0 bridgehead atoms. The highest BCUT2D eigenvalue weighted by molar-refractivity contribution is 5.85. The van der Waals surface area contributed by atoms with Crippen LogP contribution in [0.3, 0.4) is 0 Å². The second-order valence-electron chi connectivity index (χ2n) is 4.49. The largest absolute Gasteiger partial charge is 0.496 e. The highest BCUT2D eigenvalue weighted by atomic mass is 16.5. The molecule has 1 rings (SSSR count). The van der Waals surface area contributed by atoms with Crippen LogP contribution < -0.4 is 4.74 Å². The molecule has 1 aromatic heterocycles. The number of aliphatic hydroxyl groups excluding tert-OH is 1. The zero-order chi connectivity index (χ0) is 13.7. The number of aromatic nitrogens is 1. The third-order valence-corrected chi connectivity index (χ3v) is 3.03. The number of carbonyl (C=O) groups excluding carboxylic acids is 1. The van der Waals surface area contributed by atoms with Gasteiger partial charge in [0.25, 0.3) is 0 Å². The molecular formula is C14H21NO3. The number of Topliss-reactive ketones (excluding diaryl/α,β-unsaturated/α-hetero) is 1. The molecular weight excluding hydrogens is 230 g/mol. The van der Waals surface area contributed by atoms with Gasteiger partial charge in [0.05, 0.1) is 19.2 Å². The molecule has 0 aliphatic heterocycles. The van der Waals surface area contributed by atoms with Crippen LogP contribution in [0.1, 0.15) is 36.6 Å². The van der Waals surface area contributed by atoms with E-state index in [1.54, 1.807) is 13.3 Å². The van der Waals surface area contributed by atoms with Gasteiger partial charge in [0.1, 0.15) is 11.9 Å². The Morgan fingerprint density at radius 2 is 2.17 bits per heavy atom. The number of aryl methyl sites for hydroxylation is 1. The number of pyridine rings is 1. The van der Waals surface area contributed by atoms with Crippen LogP contribution in [0.2, 0.25) is 0 Å². The minimum atomic E-state index is -0.886. The highest BCUT2D eigenvalue weighted by Crippen LogP contribution is 2.24. The summed E-state index contributed by atoms with van der Waals surface area (Å²) < 4.78 is 5.29. The number of ketones is 1. The zero-order valence-corrected chi connectivity index (χ0v) is 11.5. The van der Waals surface area contributed by atoms with Gasteiger partial charge in [-0.15, -0.1) is 0 Å². The summed E-state index contributed by atoms with van der Waals surface area (Å²) in [5.41, 5.74) is 2.49. The van der Waals surface area contributed by atoms with Gasteiger partial charge in [-0.1, -0.05) is 13.3 Å². The lowest BCUT2D eigenvalue weighted by atomic mass is 10.0. The minimum absolute atomic E-state index is 0.156. The Bertz CT molecular complexity index is 429. The number of ether oxygens (including phenoxy) is 1. The van der Waals surface area contributed by atoms with Crippen LogP contribution in [0.5, 0.6) is 5.75 Å². The van der Waals surface area contributed by atoms with E-state index in [-0.39, 0.29) is 12.2 Å². The molecule has 0 spiro atoms. The fourth-order valence-electron chi connectivity index (χ4n) is 1.97. The van der Waals surface area contributed by atoms with E-state index in [1.165, 1.54) is 0 Å². The molecule has 0 aliphatic carbocycles. The molecule has 0 fully saturated rings. The Balaban J connectivity index is 2.89. The maximum absolute atomic E-state index is 11.8. The summed E-state index contributed by atoms with van der Waals surface area (Å²) in [6, 6.07) is 0. The van der Waals surface area contributed by atoms with E-state index >= 15 is 0 Å². The number of hydrogen-bond acceptors (Lipinski definition) is 4. The van der Waals surface area contributed by atoms with Crippen molar-refractivity contribution in [3.63, 3.8) is 0 Å². The number of carbonyl (C=O) groups is 1. The van der Waals surface area contributed by atoms with Gasteiger partial charge in [0.2, 0.25) is 0 Å². The molecule has 0 aromatic carbocycles. The number of rotatable bonds is 6. The molecule has 0 saturated carbocycles. The Hall–Kier alpha value is -1.42. The maximum Gasteiger partial charge on any atom is 0.167 e. The van der Waals surface area contributed by atoms with Crippen LogP contribution in [-0.4, -0.2) is 29.1 Å². The second-order valence-corrected chi connectivity index (χ2v) is 4.49. The summed E-state index contributed by atoms with van der Waals surface area (Å²) in [4.78, 5) is 16.1. The third-order valence-electron chi connectivity index (χ3n) is 3.03. The van der Waals surface area contributed by atoms with Crippen LogP contribution in [0.15, 0.2) is 6.20 Å². The zero-order valence-electron chi connectivity index (χ0n) is 11.5. The molecule has 18 heavy (non-hydrogen) atoms. The van der Waals surface area contributed by atoms with E-state index in [4.69, 9.17) is 4.74 Å². The molecule has 0 aliphatic rings. The smallest absolute Gasteiger partial charge is 0.167 e. The number of nitrogens with zero attached hydrogens (tertiary/aromatic N) is 1. The number of methoxy groups -OCH3 is 1. The molecule has 4 nitrogen and oxygen atoms in total. The van der Waals surface area contributed by atoms with Crippen molar-refractivity contribution < 1.29 is 14.6 Å². The van der Waals surface area contributed by atoms with Crippen LogP contribution >= 0.6 is 0 Å².